The third-order valence-corrected chi connectivity index (χ3v) is 2.34. The van der Waals surface area contributed by atoms with Gasteiger partial charge in [-0.3, -0.25) is 4.98 Å². The quantitative estimate of drug-likeness (QED) is 0.869. The summed E-state index contributed by atoms with van der Waals surface area (Å²) in [7, 11) is 0. The Morgan fingerprint density at radius 3 is 2.53 bits per heavy atom. The summed E-state index contributed by atoms with van der Waals surface area (Å²) >= 11 is 2.88. The molecule has 0 saturated heterocycles. The molecule has 4 N–H and O–H groups in total. The largest absolute Gasteiger partial charge is 0.573 e. The zero-order valence-electron chi connectivity index (χ0n) is 7.31. The van der Waals surface area contributed by atoms with Gasteiger partial charge in [0, 0.05) is 6.54 Å². The normalized spacial score (nSPS) is 11.5. The van der Waals surface area contributed by atoms with Gasteiger partial charge in [0.15, 0.2) is 5.75 Å². The summed E-state index contributed by atoms with van der Waals surface area (Å²) in [5.41, 5.74) is 11.1. The molecule has 0 aliphatic carbocycles. The van der Waals surface area contributed by atoms with Crippen LogP contribution in [0.5, 0.6) is 5.75 Å². The molecule has 0 aromatic carbocycles. The molecule has 0 aliphatic heterocycles. The zero-order valence-corrected chi connectivity index (χ0v) is 8.89. The van der Waals surface area contributed by atoms with Crippen LogP contribution in [0.4, 0.5) is 18.9 Å². The van der Waals surface area contributed by atoms with Crippen molar-refractivity contribution in [3.05, 3.63) is 16.4 Å². The number of hydrogen-bond donors (Lipinski definition) is 2. The van der Waals surface area contributed by atoms with E-state index >= 15 is 0 Å². The number of alkyl halides is 3. The molecule has 1 aromatic heterocycles. The Morgan fingerprint density at radius 2 is 2.07 bits per heavy atom. The number of anilines is 1. The number of halogens is 4. The highest BCUT2D eigenvalue weighted by Gasteiger charge is 2.32. The van der Waals surface area contributed by atoms with Crippen LogP contribution < -0.4 is 16.2 Å². The molecule has 0 amide bonds. The molecule has 8 heteroatoms. The maximum absolute atomic E-state index is 11.9. The van der Waals surface area contributed by atoms with E-state index in [1.807, 2.05) is 0 Å². The number of ether oxygens (including phenoxy) is 1. The minimum atomic E-state index is -4.78. The highest BCUT2D eigenvalue weighted by atomic mass is 79.9. The van der Waals surface area contributed by atoms with Crippen molar-refractivity contribution in [3.8, 4) is 5.75 Å². The summed E-state index contributed by atoms with van der Waals surface area (Å²) in [6.45, 7) is 0.0384. The number of pyridine rings is 1. The Kier molecular flexibility index (Phi) is 3.40. The van der Waals surface area contributed by atoms with E-state index in [-0.39, 0.29) is 16.7 Å². The van der Waals surface area contributed by atoms with Gasteiger partial charge in [-0.2, -0.15) is 0 Å². The van der Waals surface area contributed by atoms with Crippen LogP contribution in [0.2, 0.25) is 0 Å². The van der Waals surface area contributed by atoms with Gasteiger partial charge in [-0.1, -0.05) is 0 Å². The lowest BCUT2D eigenvalue weighted by Crippen LogP contribution is -2.18. The second-order valence-corrected chi connectivity index (χ2v) is 3.34. The van der Waals surface area contributed by atoms with Crippen molar-refractivity contribution in [1.29, 1.82) is 0 Å². The predicted molar refractivity (Wildman–Crippen MR) is 50.9 cm³/mol. The van der Waals surface area contributed by atoms with Gasteiger partial charge < -0.3 is 16.2 Å². The smallest absolute Gasteiger partial charge is 0.403 e. The molecule has 0 bridgehead atoms. The van der Waals surface area contributed by atoms with Gasteiger partial charge in [0.1, 0.15) is 0 Å². The van der Waals surface area contributed by atoms with E-state index in [1.54, 1.807) is 0 Å². The molecule has 0 aliphatic rings. The standard InChI is InChI=1S/C7H7BrF3N3O/c8-5-4(15-7(9,10)11)2-14-3(1-12)6(5)13/h2H,1,12-13H2. The molecule has 0 spiro atoms. The van der Waals surface area contributed by atoms with E-state index in [0.717, 1.165) is 6.20 Å². The number of aromatic nitrogens is 1. The third kappa shape index (κ3) is 2.96. The Hall–Kier alpha value is -1.02. The van der Waals surface area contributed by atoms with Gasteiger partial charge in [0.05, 0.1) is 22.1 Å². The fourth-order valence-electron chi connectivity index (χ4n) is 0.881. The minimum Gasteiger partial charge on any atom is -0.403 e. The molecular weight excluding hydrogens is 279 g/mol. The Morgan fingerprint density at radius 1 is 1.47 bits per heavy atom. The molecule has 0 radical (unpaired) electrons. The molecule has 0 atom stereocenters. The van der Waals surface area contributed by atoms with Crippen LogP contribution in [0.15, 0.2) is 10.7 Å². The average molecular weight is 286 g/mol. The van der Waals surface area contributed by atoms with Gasteiger partial charge in [-0.05, 0) is 15.9 Å². The first-order valence-electron chi connectivity index (χ1n) is 3.74. The molecule has 4 nitrogen and oxygen atoms in total. The summed E-state index contributed by atoms with van der Waals surface area (Å²) in [4.78, 5) is 3.64. The molecule has 15 heavy (non-hydrogen) atoms. The van der Waals surface area contributed by atoms with E-state index in [9.17, 15) is 13.2 Å². The molecule has 84 valence electrons. The van der Waals surface area contributed by atoms with Gasteiger partial charge in [-0.25, -0.2) is 0 Å². The highest BCUT2D eigenvalue weighted by Crippen LogP contribution is 2.34. The minimum absolute atomic E-state index is 0.00437. The summed E-state index contributed by atoms with van der Waals surface area (Å²) in [6, 6.07) is 0. The van der Waals surface area contributed by atoms with Crippen molar-refractivity contribution >= 4 is 21.6 Å². The van der Waals surface area contributed by atoms with Crippen molar-refractivity contribution in [2.75, 3.05) is 5.73 Å². The number of nitrogens with two attached hydrogens (primary N) is 2. The monoisotopic (exact) mass is 285 g/mol. The number of rotatable bonds is 2. The fourth-order valence-corrected chi connectivity index (χ4v) is 1.29. The molecule has 1 aromatic rings. The van der Waals surface area contributed by atoms with Crippen molar-refractivity contribution in [3.63, 3.8) is 0 Å². The Bertz CT molecular complexity index is 369. The lowest BCUT2D eigenvalue weighted by Gasteiger charge is -2.12. The molecule has 1 rings (SSSR count). The maximum atomic E-state index is 11.9. The first-order valence-corrected chi connectivity index (χ1v) is 4.53. The Labute approximate surface area is 91.5 Å². The van der Waals surface area contributed by atoms with Gasteiger partial charge in [0.2, 0.25) is 0 Å². The third-order valence-electron chi connectivity index (χ3n) is 1.52. The number of hydrogen-bond acceptors (Lipinski definition) is 4. The highest BCUT2D eigenvalue weighted by molar-refractivity contribution is 9.10. The summed E-state index contributed by atoms with van der Waals surface area (Å²) < 4.78 is 39.4. The van der Waals surface area contributed by atoms with E-state index in [0.29, 0.717) is 5.69 Å². The van der Waals surface area contributed by atoms with Crippen molar-refractivity contribution < 1.29 is 17.9 Å². The van der Waals surface area contributed by atoms with Crippen LogP contribution >= 0.6 is 15.9 Å². The second kappa shape index (κ2) is 4.23. The lowest BCUT2D eigenvalue weighted by molar-refractivity contribution is -0.275. The van der Waals surface area contributed by atoms with Gasteiger partial charge in [0.25, 0.3) is 0 Å². The zero-order chi connectivity index (χ0) is 11.6. The van der Waals surface area contributed by atoms with Crippen molar-refractivity contribution in [2.45, 2.75) is 12.9 Å². The molecular formula is C7H7BrF3N3O. The summed E-state index contributed by atoms with van der Waals surface area (Å²) in [5, 5.41) is 0. The van der Waals surface area contributed by atoms with Crippen LogP contribution in [0.3, 0.4) is 0 Å². The SMILES string of the molecule is NCc1ncc(OC(F)(F)F)c(Br)c1N. The van der Waals surface area contributed by atoms with Gasteiger partial charge >= 0.3 is 6.36 Å². The molecule has 0 fully saturated rings. The van der Waals surface area contributed by atoms with Crippen LogP contribution in [0.1, 0.15) is 5.69 Å². The van der Waals surface area contributed by atoms with Crippen LogP contribution in [0, 0.1) is 0 Å². The number of nitrogens with zero attached hydrogens (tertiary/aromatic N) is 1. The van der Waals surface area contributed by atoms with Crippen LogP contribution in [-0.4, -0.2) is 11.3 Å². The summed E-state index contributed by atoms with van der Waals surface area (Å²) in [5.74, 6) is -0.489. The van der Waals surface area contributed by atoms with E-state index in [4.69, 9.17) is 11.5 Å². The van der Waals surface area contributed by atoms with Gasteiger partial charge in [-0.15, -0.1) is 13.2 Å². The van der Waals surface area contributed by atoms with E-state index in [1.165, 1.54) is 0 Å². The first kappa shape index (κ1) is 12.1. The summed E-state index contributed by atoms with van der Waals surface area (Å²) in [6.07, 6.45) is -3.86. The predicted octanol–water partition coefficient (Wildman–Crippen LogP) is 1.78. The van der Waals surface area contributed by atoms with Crippen molar-refractivity contribution in [1.82, 2.24) is 4.98 Å². The van der Waals surface area contributed by atoms with E-state index < -0.39 is 12.1 Å². The van der Waals surface area contributed by atoms with Crippen LogP contribution in [0.25, 0.3) is 0 Å². The molecule has 0 saturated carbocycles. The maximum Gasteiger partial charge on any atom is 0.573 e. The second-order valence-electron chi connectivity index (χ2n) is 2.55. The van der Waals surface area contributed by atoms with E-state index in [2.05, 4.69) is 25.7 Å². The van der Waals surface area contributed by atoms with Crippen molar-refractivity contribution in [2.24, 2.45) is 5.73 Å². The first-order chi connectivity index (χ1) is 6.85. The lowest BCUT2D eigenvalue weighted by atomic mass is 10.3. The molecule has 0 unspecified atom stereocenters. The Balaban J connectivity index is 3.07. The number of nitrogen functional groups attached to an aromatic ring is 1. The molecule has 1 heterocycles. The fraction of sp³-hybridized carbons (Fsp3) is 0.286. The average Bonchev–Trinajstić information content (AvgIpc) is 2.11. The topological polar surface area (TPSA) is 74.2 Å². The van der Waals surface area contributed by atoms with Crippen LogP contribution in [-0.2, 0) is 6.54 Å².